The highest BCUT2D eigenvalue weighted by molar-refractivity contribution is 5.59. The topological polar surface area (TPSA) is 44.7 Å². The van der Waals surface area contributed by atoms with Crippen molar-refractivity contribution in [3.63, 3.8) is 0 Å². The summed E-state index contributed by atoms with van der Waals surface area (Å²) >= 11 is 0. The Labute approximate surface area is 129 Å². The van der Waals surface area contributed by atoms with Gasteiger partial charge >= 0.3 is 0 Å². The number of aliphatic hydroxyl groups is 1. The maximum Gasteiger partial charge on any atom is 0.142 e. The van der Waals surface area contributed by atoms with Gasteiger partial charge in [0.15, 0.2) is 0 Å². The van der Waals surface area contributed by atoms with E-state index >= 15 is 0 Å². The predicted octanol–water partition coefficient (Wildman–Crippen LogP) is 2.79. The smallest absolute Gasteiger partial charge is 0.142 e. The number of anilines is 1. The van der Waals surface area contributed by atoms with Crippen LogP contribution in [0.3, 0.4) is 0 Å². The molecule has 4 nitrogen and oxygen atoms in total. The van der Waals surface area contributed by atoms with E-state index in [4.69, 9.17) is 9.84 Å². The molecule has 0 aromatic heterocycles. The molecule has 1 rings (SSSR count). The molecule has 1 aromatic carbocycles. The summed E-state index contributed by atoms with van der Waals surface area (Å²) in [6.45, 7) is 8.32. The van der Waals surface area contributed by atoms with Gasteiger partial charge in [-0.1, -0.05) is 19.4 Å². The Morgan fingerprint density at radius 2 is 2.05 bits per heavy atom. The lowest BCUT2D eigenvalue weighted by molar-refractivity contribution is 0.286. The fraction of sp³-hybridized carbons (Fsp3) is 0.647. The van der Waals surface area contributed by atoms with Crippen LogP contribution in [0, 0.1) is 0 Å². The van der Waals surface area contributed by atoms with E-state index in [0.717, 1.165) is 38.3 Å². The summed E-state index contributed by atoms with van der Waals surface area (Å²) in [5.74, 6) is 0.939. The molecule has 21 heavy (non-hydrogen) atoms. The van der Waals surface area contributed by atoms with Crippen molar-refractivity contribution in [2.24, 2.45) is 0 Å². The average molecular weight is 294 g/mol. The lowest BCUT2D eigenvalue weighted by atomic mass is 10.1. The highest BCUT2D eigenvalue weighted by Crippen LogP contribution is 2.29. The van der Waals surface area contributed by atoms with Crippen LogP contribution in [0.4, 0.5) is 5.69 Å². The standard InChI is InChI=1S/C17H30N2O2/c1-4-6-11-19(5-2)16-9-8-15(13-17(16)21-3)14-18-10-7-12-20/h8-9,13,18,20H,4-7,10-12,14H2,1-3H3. The molecule has 0 fully saturated rings. The van der Waals surface area contributed by atoms with E-state index in [2.05, 4.69) is 42.3 Å². The van der Waals surface area contributed by atoms with Gasteiger partial charge in [0, 0.05) is 26.2 Å². The van der Waals surface area contributed by atoms with Gasteiger partial charge in [-0.05, 0) is 44.0 Å². The number of nitrogens with zero attached hydrogens (tertiary/aromatic N) is 1. The zero-order chi connectivity index (χ0) is 15.5. The minimum Gasteiger partial charge on any atom is -0.495 e. The number of aliphatic hydroxyl groups excluding tert-OH is 1. The number of methoxy groups -OCH3 is 1. The van der Waals surface area contributed by atoms with Crippen molar-refractivity contribution in [3.05, 3.63) is 23.8 Å². The molecule has 0 bridgehead atoms. The highest BCUT2D eigenvalue weighted by Gasteiger charge is 2.10. The summed E-state index contributed by atoms with van der Waals surface area (Å²) in [4.78, 5) is 2.37. The summed E-state index contributed by atoms with van der Waals surface area (Å²) in [6, 6.07) is 6.41. The first-order valence-corrected chi connectivity index (χ1v) is 8.00. The number of ether oxygens (including phenoxy) is 1. The van der Waals surface area contributed by atoms with Crippen LogP contribution in [0.15, 0.2) is 18.2 Å². The molecule has 1 aromatic rings. The Balaban J connectivity index is 2.72. The number of hydrogen-bond acceptors (Lipinski definition) is 4. The van der Waals surface area contributed by atoms with Gasteiger partial charge < -0.3 is 20.1 Å². The fourth-order valence-corrected chi connectivity index (χ4v) is 2.33. The van der Waals surface area contributed by atoms with Crippen molar-refractivity contribution < 1.29 is 9.84 Å². The minimum atomic E-state index is 0.234. The van der Waals surface area contributed by atoms with Gasteiger partial charge in [-0.15, -0.1) is 0 Å². The van der Waals surface area contributed by atoms with Crippen molar-refractivity contribution in [1.82, 2.24) is 5.32 Å². The highest BCUT2D eigenvalue weighted by atomic mass is 16.5. The van der Waals surface area contributed by atoms with E-state index in [0.29, 0.717) is 0 Å². The first-order chi connectivity index (χ1) is 10.3. The summed E-state index contributed by atoms with van der Waals surface area (Å²) in [5.41, 5.74) is 2.38. The van der Waals surface area contributed by atoms with E-state index in [1.807, 2.05) is 0 Å². The van der Waals surface area contributed by atoms with Crippen LogP contribution >= 0.6 is 0 Å². The second-order valence-electron chi connectivity index (χ2n) is 5.19. The van der Waals surface area contributed by atoms with Crippen molar-refractivity contribution >= 4 is 5.69 Å². The monoisotopic (exact) mass is 294 g/mol. The van der Waals surface area contributed by atoms with Crippen molar-refractivity contribution in [2.45, 2.75) is 39.7 Å². The van der Waals surface area contributed by atoms with Crippen LogP contribution in [0.1, 0.15) is 38.7 Å². The maximum atomic E-state index is 8.78. The lowest BCUT2D eigenvalue weighted by Crippen LogP contribution is -2.24. The van der Waals surface area contributed by atoms with E-state index in [9.17, 15) is 0 Å². The normalized spacial score (nSPS) is 10.7. The summed E-state index contributed by atoms with van der Waals surface area (Å²) < 4.78 is 5.57. The predicted molar refractivity (Wildman–Crippen MR) is 89.2 cm³/mol. The van der Waals surface area contributed by atoms with Gasteiger partial charge in [-0.2, -0.15) is 0 Å². The minimum absolute atomic E-state index is 0.234. The molecule has 0 aliphatic carbocycles. The van der Waals surface area contributed by atoms with Crippen LogP contribution in [0.2, 0.25) is 0 Å². The van der Waals surface area contributed by atoms with Crippen LogP contribution in [0.25, 0.3) is 0 Å². The third kappa shape index (κ3) is 5.94. The number of hydrogen-bond donors (Lipinski definition) is 2. The van der Waals surface area contributed by atoms with Crippen LogP contribution in [-0.4, -0.2) is 38.5 Å². The number of benzene rings is 1. The SMILES string of the molecule is CCCCN(CC)c1ccc(CNCCCO)cc1OC. The fourth-order valence-electron chi connectivity index (χ4n) is 2.33. The van der Waals surface area contributed by atoms with E-state index in [-0.39, 0.29) is 6.61 Å². The molecule has 0 heterocycles. The zero-order valence-corrected chi connectivity index (χ0v) is 13.7. The molecular formula is C17H30N2O2. The molecular weight excluding hydrogens is 264 g/mol. The van der Waals surface area contributed by atoms with E-state index < -0.39 is 0 Å². The van der Waals surface area contributed by atoms with E-state index in [1.165, 1.54) is 24.1 Å². The maximum absolute atomic E-state index is 8.78. The summed E-state index contributed by atoms with van der Waals surface area (Å²) in [5, 5.41) is 12.1. The van der Waals surface area contributed by atoms with Crippen molar-refractivity contribution in [3.8, 4) is 5.75 Å². The first kappa shape index (κ1) is 17.8. The molecule has 0 atom stereocenters. The Morgan fingerprint density at radius 3 is 2.67 bits per heavy atom. The van der Waals surface area contributed by atoms with Crippen LogP contribution < -0.4 is 15.0 Å². The Bertz CT molecular complexity index is 396. The molecule has 0 aliphatic heterocycles. The quantitative estimate of drug-likeness (QED) is 0.616. The molecule has 0 aliphatic rings. The van der Waals surface area contributed by atoms with Gasteiger partial charge in [-0.25, -0.2) is 0 Å². The molecule has 120 valence electrons. The summed E-state index contributed by atoms with van der Waals surface area (Å²) in [7, 11) is 1.73. The largest absolute Gasteiger partial charge is 0.495 e. The molecule has 0 saturated heterocycles. The molecule has 0 radical (unpaired) electrons. The van der Waals surface area contributed by atoms with Crippen LogP contribution in [0.5, 0.6) is 5.75 Å². The van der Waals surface area contributed by atoms with Crippen molar-refractivity contribution in [1.29, 1.82) is 0 Å². The lowest BCUT2D eigenvalue weighted by Gasteiger charge is -2.25. The van der Waals surface area contributed by atoms with Gasteiger partial charge in [0.05, 0.1) is 12.8 Å². The third-order valence-corrected chi connectivity index (χ3v) is 3.59. The number of unbranched alkanes of at least 4 members (excludes halogenated alkanes) is 1. The first-order valence-electron chi connectivity index (χ1n) is 8.00. The van der Waals surface area contributed by atoms with Crippen molar-refractivity contribution in [2.75, 3.05) is 38.3 Å². The molecule has 0 spiro atoms. The van der Waals surface area contributed by atoms with Gasteiger partial charge in [0.1, 0.15) is 5.75 Å². The Kier molecular flexibility index (Phi) is 8.87. The molecule has 2 N–H and O–H groups in total. The summed E-state index contributed by atoms with van der Waals surface area (Å²) in [6.07, 6.45) is 3.18. The van der Waals surface area contributed by atoms with Gasteiger partial charge in [0.2, 0.25) is 0 Å². The van der Waals surface area contributed by atoms with Crippen LogP contribution in [-0.2, 0) is 6.54 Å². The second-order valence-corrected chi connectivity index (χ2v) is 5.19. The third-order valence-electron chi connectivity index (χ3n) is 3.59. The molecule has 0 unspecified atom stereocenters. The number of nitrogens with one attached hydrogen (secondary N) is 1. The Morgan fingerprint density at radius 1 is 1.24 bits per heavy atom. The average Bonchev–Trinajstić information content (AvgIpc) is 2.53. The van der Waals surface area contributed by atoms with E-state index in [1.54, 1.807) is 7.11 Å². The molecule has 0 saturated carbocycles. The van der Waals surface area contributed by atoms with Gasteiger partial charge in [-0.3, -0.25) is 0 Å². The zero-order valence-electron chi connectivity index (χ0n) is 13.7. The second kappa shape index (κ2) is 10.5. The molecule has 0 amide bonds. The Hall–Kier alpha value is -1.26. The molecule has 4 heteroatoms. The number of rotatable bonds is 11. The van der Waals surface area contributed by atoms with Gasteiger partial charge in [0.25, 0.3) is 0 Å².